The minimum Gasteiger partial charge on any atom is -0.481 e. The van der Waals surface area contributed by atoms with Crippen molar-refractivity contribution in [2.24, 2.45) is 5.73 Å². The van der Waals surface area contributed by atoms with Gasteiger partial charge in [0.2, 0.25) is 5.91 Å². The molecule has 9 nitrogen and oxygen atoms in total. The number of carbonyl (C=O) groups excluding carboxylic acids is 2. The molecule has 20 heavy (non-hydrogen) atoms. The Labute approximate surface area is 114 Å². The Morgan fingerprint density at radius 2 is 1.95 bits per heavy atom. The lowest BCUT2D eigenvalue weighted by atomic mass is 10.1. The summed E-state index contributed by atoms with van der Waals surface area (Å²) in [7, 11) is 0. The van der Waals surface area contributed by atoms with Crippen molar-refractivity contribution < 1.29 is 29.4 Å². The molecule has 3 amide bonds. The largest absolute Gasteiger partial charge is 0.481 e. The molecule has 1 fully saturated rings. The van der Waals surface area contributed by atoms with Gasteiger partial charge < -0.3 is 26.2 Å². The minimum absolute atomic E-state index is 0.231. The number of hydrogen-bond acceptors (Lipinski definition) is 4. The molecule has 0 spiro atoms. The maximum Gasteiger partial charge on any atom is 0.326 e. The summed E-state index contributed by atoms with van der Waals surface area (Å²) in [6, 6.07) is -2.78. The van der Waals surface area contributed by atoms with Crippen LogP contribution in [0, 0.1) is 0 Å². The highest BCUT2D eigenvalue weighted by atomic mass is 16.4. The van der Waals surface area contributed by atoms with Crippen LogP contribution in [0.5, 0.6) is 0 Å². The Hall–Kier alpha value is -2.32. The Kier molecular flexibility index (Phi) is 5.30. The number of rotatable bonds is 6. The van der Waals surface area contributed by atoms with Gasteiger partial charge in [-0.15, -0.1) is 0 Å². The molecule has 1 rings (SSSR count). The third-order valence-electron chi connectivity index (χ3n) is 3.08. The van der Waals surface area contributed by atoms with Crippen molar-refractivity contribution in [1.29, 1.82) is 0 Å². The number of carboxylic acids is 2. The average molecular weight is 287 g/mol. The highest BCUT2D eigenvalue weighted by molar-refractivity contribution is 5.88. The van der Waals surface area contributed by atoms with Gasteiger partial charge in [0.1, 0.15) is 12.1 Å². The molecule has 5 N–H and O–H groups in total. The van der Waals surface area contributed by atoms with E-state index in [1.807, 2.05) is 0 Å². The second-order valence-electron chi connectivity index (χ2n) is 4.53. The number of carboxylic acid groups (broad SMARTS) is 2. The number of urea groups is 1. The zero-order chi connectivity index (χ0) is 15.3. The van der Waals surface area contributed by atoms with Crippen LogP contribution in [0.25, 0.3) is 0 Å². The molecule has 2 atom stereocenters. The second-order valence-corrected chi connectivity index (χ2v) is 4.53. The van der Waals surface area contributed by atoms with Crippen molar-refractivity contribution in [1.82, 2.24) is 10.2 Å². The van der Waals surface area contributed by atoms with E-state index in [0.29, 0.717) is 19.4 Å². The van der Waals surface area contributed by atoms with Gasteiger partial charge in [-0.2, -0.15) is 0 Å². The molecule has 0 aromatic heterocycles. The van der Waals surface area contributed by atoms with E-state index in [2.05, 4.69) is 5.32 Å². The third-order valence-corrected chi connectivity index (χ3v) is 3.08. The number of hydrogen-bond donors (Lipinski definition) is 4. The minimum atomic E-state index is -1.32. The maximum absolute atomic E-state index is 11.9. The maximum atomic E-state index is 11.9. The predicted molar refractivity (Wildman–Crippen MR) is 65.7 cm³/mol. The summed E-state index contributed by atoms with van der Waals surface area (Å²) in [5.41, 5.74) is 5.16. The molecule has 0 bridgehead atoms. The lowest BCUT2D eigenvalue weighted by Gasteiger charge is -2.24. The quantitative estimate of drug-likeness (QED) is 0.490. The molecule has 1 aliphatic rings. The van der Waals surface area contributed by atoms with Crippen LogP contribution in [-0.4, -0.2) is 57.6 Å². The van der Waals surface area contributed by atoms with Gasteiger partial charge in [0, 0.05) is 13.0 Å². The van der Waals surface area contributed by atoms with Crippen LogP contribution in [-0.2, 0) is 14.4 Å². The normalized spacial score (nSPS) is 19.4. The Balaban J connectivity index is 2.63. The van der Waals surface area contributed by atoms with Crippen molar-refractivity contribution >= 4 is 23.9 Å². The summed E-state index contributed by atoms with van der Waals surface area (Å²) >= 11 is 0. The molecular weight excluding hydrogens is 270 g/mol. The fourth-order valence-electron chi connectivity index (χ4n) is 2.06. The third kappa shape index (κ3) is 4.11. The Morgan fingerprint density at radius 1 is 1.30 bits per heavy atom. The fraction of sp³-hybridized carbons (Fsp3) is 0.636. The van der Waals surface area contributed by atoms with E-state index < -0.39 is 36.0 Å². The van der Waals surface area contributed by atoms with Crippen LogP contribution in [0.1, 0.15) is 25.7 Å². The van der Waals surface area contributed by atoms with Crippen LogP contribution in [0.4, 0.5) is 4.79 Å². The summed E-state index contributed by atoms with van der Waals surface area (Å²) in [6.07, 6.45) is 0.436. The number of carbonyl (C=O) groups is 4. The molecule has 1 heterocycles. The van der Waals surface area contributed by atoms with E-state index in [1.165, 1.54) is 4.90 Å². The first-order valence-corrected chi connectivity index (χ1v) is 6.14. The van der Waals surface area contributed by atoms with Gasteiger partial charge in [-0.25, -0.2) is 9.59 Å². The van der Waals surface area contributed by atoms with Crippen molar-refractivity contribution in [3.8, 4) is 0 Å². The number of nitrogens with one attached hydrogen (secondary N) is 1. The molecule has 112 valence electrons. The molecule has 2 unspecified atom stereocenters. The van der Waals surface area contributed by atoms with Gasteiger partial charge in [0.25, 0.3) is 0 Å². The zero-order valence-electron chi connectivity index (χ0n) is 10.7. The highest BCUT2D eigenvalue weighted by Crippen LogP contribution is 2.17. The highest BCUT2D eigenvalue weighted by Gasteiger charge is 2.34. The summed E-state index contributed by atoms with van der Waals surface area (Å²) < 4.78 is 0. The van der Waals surface area contributed by atoms with Crippen LogP contribution in [0.15, 0.2) is 0 Å². The van der Waals surface area contributed by atoms with Gasteiger partial charge >= 0.3 is 18.0 Å². The van der Waals surface area contributed by atoms with E-state index in [0.717, 1.165) is 0 Å². The monoisotopic (exact) mass is 287 g/mol. The first-order chi connectivity index (χ1) is 9.32. The van der Waals surface area contributed by atoms with Crippen molar-refractivity contribution in [3.05, 3.63) is 0 Å². The van der Waals surface area contributed by atoms with E-state index in [1.54, 1.807) is 0 Å². The number of nitrogens with zero attached hydrogens (tertiary/aromatic N) is 1. The Bertz CT molecular complexity index is 424. The number of amides is 3. The molecule has 0 aromatic rings. The molecule has 0 radical (unpaired) electrons. The molecule has 0 saturated carbocycles. The van der Waals surface area contributed by atoms with Gasteiger partial charge in [0.15, 0.2) is 0 Å². The van der Waals surface area contributed by atoms with Crippen LogP contribution in [0.3, 0.4) is 0 Å². The molecule has 1 aliphatic heterocycles. The topological polar surface area (TPSA) is 150 Å². The Morgan fingerprint density at radius 3 is 2.45 bits per heavy atom. The van der Waals surface area contributed by atoms with Gasteiger partial charge in [0.05, 0.1) is 0 Å². The first-order valence-electron chi connectivity index (χ1n) is 6.14. The fourth-order valence-corrected chi connectivity index (χ4v) is 2.06. The van der Waals surface area contributed by atoms with E-state index in [-0.39, 0.29) is 12.8 Å². The predicted octanol–water partition coefficient (Wildman–Crippen LogP) is -1.04. The van der Waals surface area contributed by atoms with Gasteiger partial charge in [-0.1, -0.05) is 0 Å². The summed E-state index contributed by atoms with van der Waals surface area (Å²) in [4.78, 5) is 45.6. The van der Waals surface area contributed by atoms with E-state index in [9.17, 15) is 19.2 Å². The van der Waals surface area contributed by atoms with E-state index >= 15 is 0 Å². The summed E-state index contributed by atoms with van der Waals surface area (Å²) in [6.45, 7) is 0.310. The van der Waals surface area contributed by atoms with Crippen LogP contribution >= 0.6 is 0 Å². The van der Waals surface area contributed by atoms with Gasteiger partial charge in [-0.3, -0.25) is 9.59 Å². The van der Waals surface area contributed by atoms with Crippen LogP contribution < -0.4 is 11.1 Å². The molecule has 9 heteroatoms. The average Bonchev–Trinajstić information content (AvgIpc) is 2.82. The zero-order valence-corrected chi connectivity index (χ0v) is 10.7. The van der Waals surface area contributed by atoms with Gasteiger partial charge in [-0.05, 0) is 19.3 Å². The lowest BCUT2D eigenvalue weighted by Crippen LogP contribution is -2.52. The van der Waals surface area contributed by atoms with Crippen molar-refractivity contribution in [2.45, 2.75) is 37.8 Å². The van der Waals surface area contributed by atoms with Crippen LogP contribution in [0.2, 0.25) is 0 Å². The number of primary amides is 1. The summed E-state index contributed by atoms with van der Waals surface area (Å²) in [5, 5.41) is 19.7. The smallest absolute Gasteiger partial charge is 0.326 e. The number of aliphatic carboxylic acids is 2. The summed E-state index contributed by atoms with van der Waals surface area (Å²) in [5.74, 6) is -3.12. The SMILES string of the molecule is NC(=O)C1CCCN1C(=O)NC(CCC(=O)O)C(=O)O. The van der Waals surface area contributed by atoms with E-state index in [4.69, 9.17) is 15.9 Å². The number of nitrogens with two attached hydrogens (primary N) is 1. The molecule has 0 aliphatic carbocycles. The molecular formula is C11H17N3O6. The first kappa shape index (κ1) is 15.7. The van der Waals surface area contributed by atoms with Crippen molar-refractivity contribution in [3.63, 3.8) is 0 Å². The van der Waals surface area contributed by atoms with Crippen molar-refractivity contribution in [2.75, 3.05) is 6.54 Å². The molecule has 0 aromatic carbocycles. The lowest BCUT2D eigenvalue weighted by molar-refractivity contribution is -0.140. The standard InChI is InChI=1S/C11H17N3O6/c12-9(17)7-2-1-5-14(7)11(20)13-6(10(18)19)3-4-8(15)16/h6-7H,1-5H2,(H2,12,17)(H,13,20)(H,15,16)(H,18,19). The second kappa shape index (κ2) is 6.73. The number of likely N-dealkylation sites (tertiary alicyclic amines) is 1. The molecule has 1 saturated heterocycles.